The van der Waals surface area contributed by atoms with E-state index in [1.807, 2.05) is 59.2 Å². The van der Waals surface area contributed by atoms with Crippen LogP contribution in [0.5, 0.6) is 0 Å². The summed E-state index contributed by atoms with van der Waals surface area (Å²) < 4.78 is 2.12. The summed E-state index contributed by atoms with van der Waals surface area (Å²) in [5.41, 5.74) is 5.44. The van der Waals surface area contributed by atoms with Crippen LogP contribution in [-0.2, 0) is 16.0 Å². The van der Waals surface area contributed by atoms with E-state index in [0.29, 0.717) is 32.5 Å². The van der Waals surface area contributed by atoms with E-state index in [4.69, 9.17) is 0 Å². The van der Waals surface area contributed by atoms with Gasteiger partial charge in [-0.1, -0.05) is 90.1 Å². The van der Waals surface area contributed by atoms with E-state index in [1.165, 1.54) is 5.56 Å². The lowest BCUT2D eigenvalue weighted by atomic mass is 10.1. The molecule has 0 spiro atoms. The standard InChI is InChI=1S/C33H37N5O2S/c1-24-15-17-28(18-16-24)32-34-35-33(38(32)29-13-8-7-10-25(29)2)41-21-9-14-30(39)36-19-20-37(26(3)23-36)31(40)22-27-11-5-4-6-12-27/h4-8,10-13,15-18,26H,9,14,19-23H2,1-3H3. The predicted molar refractivity (Wildman–Crippen MR) is 164 cm³/mol. The van der Waals surface area contributed by atoms with Gasteiger partial charge in [-0.15, -0.1) is 10.2 Å². The molecule has 0 saturated carbocycles. The van der Waals surface area contributed by atoms with Crippen molar-refractivity contribution in [2.75, 3.05) is 25.4 Å². The maximum Gasteiger partial charge on any atom is 0.227 e. The van der Waals surface area contributed by atoms with Gasteiger partial charge >= 0.3 is 0 Å². The second-order valence-corrected chi connectivity index (χ2v) is 11.7. The lowest BCUT2D eigenvalue weighted by Gasteiger charge is -2.40. The fraction of sp³-hybridized carbons (Fsp3) is 0.333. The van der Waals surface area contributed by atoms with E-state index in [1.54, 1.807) is 11.8 Å². The summed E-state index contributed by atoms with van der Waals surface area (Å²) in [7, 11) is 0. The van der Waals surface area contributed by atoms with Crippen LogP contribution in [-0.4, -0.2) is 67.8 Å². The minimum atomic E-state index is 0.00569. The molecule has 8 heteroatoms. The number of aryl methyl sites for hydroxylation is 2. The van der Waals surface area contributed by atoms with Crippen LogP contribution >= 0.6 is 11.8 Å². The van der Waals surface area contributed by atoms with Crippen LogP contribution in [0.3, 0.4) is 0 Å². The average Bonchev–Trinajstić information content (AvgIpc) is 3.39. The molecule has 1 atom stereocenters. The van der Waals surface area contributed by atoms with E-state index < -0.39 is 0 Å². The lowest BCUT2D eigenvalue weighted by Crippen LogP contribution is -2.55. The highest BCUT2D eigenvalue weighted by Gasteiger charge is 2.29. The molecule has 3 aromatic carbocycles. The second-order valence-electron chi connectivity index (χ2n) is 10.7. The van der Waals surface area contributed by atoms with Gasteiger partial charge in [0.2, 0.25) is 11.8 Å². The van der Waals surface area contributed by atoms with Crippen LogP contribution in [0, 0.1) is 13.8 Å². The lowest BCUT2D eigenvalue weighted by molar-refractivity contribution is -0.142. The molecule has 1 aromatic heterocycles. The molecule has 1 saturated heterocycles. The first-order chi connectivity index (χ1) is 19.9. The number of thioether (sulfide) groups is 1. The second kappa shape index (κ2) is 13.2. The van der Waals surface area contributed by atoms with Gasteiger partial charge in [-0.3, -0.25) is 14.2 Å². The largest absolute Gasteiger partial charge is 0.339 e. The number of carbonyl (C=O) groups excluding carboxylic acids is 2. The quantitative estimate of drug-likeness (QED) is 0.191. The Hall–Kier alpha value is -3.91. The molecule has 7 nitrogen and oxygen atoms in total. The van der Waals surface area contributed by atoms with Crippen LogP contribution in [0.2, 0.25) is 0 Å². The number of amides is 2. The van der Waals surface area contributed by atoms with Crippen molar-refractivity contribution in [2.24, 2.45) is 0 Å². The molecule has 212 valence electrons. The third kappa shape index (κ3) is 6.88. The number of carbonyl (C=O) groups is 2. The van der Waals surface area contributed by atoms with E-state index in [9.17, 15) is 9.59 Å². The number of benzene rings is 3. The van der Waals surface area contributed by atoms with Crippen molar-refractivity contribution < 1.29 is 9.59 Å². The minimum absolute atomic E-state index is 0.00569. The Morgan fingerprint density at radius 3 is 2.34 bits per heavy atom. The Kier molecular flexibility index (Phi) is 9.19. The fourth-order valence-electron chi connectivity index (χ4n) is 5.26. The highest BCUT2D eigenvalue weighted by molar-refractivity contribution is 7.99. The van der Waals surface area contributed by atoms with Gasteiger partial charge in [0.1, 0.15) is 0 Å². The van der Waals surface area contributed by atoms with Crippen molar-refractivity contribution in [3.8, 4) is 17.1 Å². The molecule has 1 fully saturated rings. The van der Waals surface area contributed by atoms with Crippen LogP contribution in [0.4, 0.5) is 0 Å². The molecule has 0 radical (unpaired) electrons. The number of hydrogen-bond acceptors (Lipinski definition) is 5. The Labute approximate surface area is 246 Å². The van der Waals surface area contributed by atoms with E-state index in [0.717, 1.165) is 45.5 Å². The van der Waals surface area contributed by atoms with Crippen molar-refractivity contribution in [2.45, 2.75) is 51.2 Å². The summed E-state index contributed by atoms with van der Waals surface area (Å²) in [6, 6.07) is 26.4. The molecule has 1 aliphatic rings. The summed E-state index contributed by atoms with van der Waals surface area (Å²) >= 11 is 1.63. The maximum atomic E-state index is 13.1. The van der Waals surface area contributed by atoms with Crippen LogP contribution in [0.25, 0.3) is 17.1 Å². The third-order valence-electron chi connectivity index (χ3n) is 7.56. The highest BCUT2D eigenvalue weighted by atomic mass is 32.2. The molecular formula is C33H37N5O2S. The number of nitrogens with zero attached hydrogens (tertiary/aromatic N) is 5. The Balaban J connectivity index is 1.17. The molecule has 2 amide bonds. The smallest absolute Gasteiger partial charge is 0.227 e. The Bertz CT molecular complexity index is 1490. The predicted octanol–water partition coefficient (Wildman–Crippen LogP) is 5.73. The first kappa shape index (κ1) is 28.6. The first-order valence-corrected chi connectivity index (χ1v) is 15.2. The zero-order valence-electron chi connectivity index (χ0n) is 24.0. The minimum Gasteiger partial charge on any atom is -0.339 e. The molecule has 5 rings (SSSR count). The van der Waals surface area contributed by atoms with Crippen LogP contribution in [0.1, 0.15) is 36.5 Å². The van der Waals surface area contributed by atoms with E-state index >= 15 is 0 Å². The molecule has 4 aromatic rings. The topological polar surface area (TPSA) is 71.3 Å². The summed E-state index contributed by atoms with van der Waals surface area (Å²) in [6.45, 7) is 7.94. The number of hydrogen-bond donors (Lipinski definition) is 0. The van der Waals surface area contributed by atoms with Crippen LogP contribution in [0.15, 0.2) is 84.0 Å². The summed E-state index contributed by atoms with van der Waals surface area (Å²) in [6.07, 6.45) is 1.61. The summed E-state index contributed by atoms with van der Waals surface area (Å²) in [4.78, 5) is 29.7. The highest BCUT2D eigenvalue weighted by Crippen LogP contribution is 2.30. The van der Waals surface area contributed by atoms with E-state index in [-0.39, 0.29) is 17.9 Å². The van der Waals surface area contributed by atoms with Crippen LogP contribution < -0.4 is 0 Å². The average molecular weight is 568 g/mol. The van der Waals surface area contributed by atoms with Gasteiger partial charge in [-0.05, 0) is 44.4 Å². The van der Waals surface area contributed by atoms with Crippen molar-refractivity contribution >= 4 is 23.6 Å². The fourth-order valence-corrected chi connectivity index (χ4v) is 6.14. The first-order valence-electron chi connectivity index (χ1n) is 14.2. The molecule has 0 bridgehead atoms. The van der Waals surface area contributed by atoms with E-state index in [2.05, 4.69) is 65.0 Å². The molecule has 41 heavy (non-hydrogen) atoms. The molecule has 0 N–H and O–H groups in total. The van der Waals surface area contributed by atoms with Gasteiger partial charge in [0.15, 0.2) is 11.0 Å². The maximum absolute atomic E-state index is 13.1. The van der Waals surface area contributed by atoms with Crippen molar-refractivity contribution in [1.29, 1.82) is 0 Å². The van der Waals surface area contributed by atoms with Gasteiger partial charge in [-0.2, -0.15) is 0 Å². The van der Waals surface area contributed by atoms with Gasteiger partial charge in [0.25, 0.3) is 0 Å². The van der Waals surface area contributed by atoms with Gasteiger partial charge in [-0.25, -0.2) is 0 Å². The SMILES string of the molecule is Cc1ccc(-c2nnc(SCCCC(=O)N3CCN(C(=O)Cc4ccccc4)C(C)C3)n2-c2ccccc2C)cc1. The zero-order chi connectivity index (χ0) is 28.8. The third-order valence-corrected chi connectivity index (χ3v) is 8.58. The van der Waals surface area contributed by atoms with Gasteiger partial charge in [0, 0.05) is 43.4 Å². The van der Waals surface area contributed by atoms with Gasteiger partial charge < -0.3 is 9.80 Å². The Morgan fingerprint density at radius 2 is 1.61 bits per heavy atom. The summed E-state index contributed by atoms with van der Waals surface area (Å²) in [5.74, 6) is 1.84. The van der Waals surface area contributed by atoms with Gasteiger partial charge in [0.05, 0.1) is 12.1 Å². The number of aromatic nitrogens is 3. The molecular weight excluding hydrogens is 530 g/mol. The normalized spacial score (nSPS) is 15.2. The zero-order valence-corrected chi connectivity index (χ0v) is 24.8. The number of piperazine rings is 1. The monoisotopic (exact) mass is 567 g/mol. The molecule has 1 unspecified atom stereocenters. The number of para-hydroxylation sites is 1. The molecule has 0 aliphatic carbocycles. The van der Waals surface area contributed by atoms with Crippen molar-refractivity contribution in [3.63, 3.8) is 0 Å². The molecule has 2 heterocycles. The summed E-state index contributed by atoms with van der Waals surface area (Å²) in [5, 5.41) is 9.93. The van der Waals surface area contributed by atoms with Crippen molar-refractivity contribution in [3.05, 3.63) is 95.6 Å². The Morgan fingerprint density at radius 1 is 0.878 bits per heavy atom. The van der Waals surface area contributed by atoms with Crippen molar-refractivity contribution in [1.82, 2.24) is 24.6 Å². The molecule has 1 aliphatic heterocycles. The number of rotatable bonds is 9.